The Hall–Kier alpha value is -2.43. The first-order valence-electron chi connectivity index (χ1n) is 5.80. The summed E-state index contributed by atoms with van der Waals surface area (Å²) in [6, 6.07) is 5.83. The topological polar surface area (TPSA) is 68.0 Å². The minimum absolute atomic E-state index is 0.0292. The number of aromatic nitrogens is 1. The molecule has 98 valence electrons. The standard InChI is InChI=1S/C14H14FN3O/c1-9-7-17-5-4-11(9)8-18-14(19)10-2-3-13(16)12(15)6-10/h2-7H,8,16H2,1H3,(H,18,19). The largest absolute Gasteiger partial charge is 0.396 e. The van der Waals surface area contributed by atoms with Crippen molar-refractivity contribution in [3.63, 3.8) is 0 Å². The molecule has 0 aliphatic carbocycles. The van der Waals surface area contributed by atoms with Gasteiger partial charge in [0.15, 0.2) is 0 Å². The number of nitrogens with two attached hydrogens (primary N) is 1. The summed E-state index contributed by atoms with van der Waals surface area (Å²) in [7, 11) is 0. The van der Waals surface area contributed by atoms with Crippen LogP contribution in [-0.2, 0) is 6.54 Å². The van der Waals surface area contributed by atoms with Gasteiger partial charge in [-0.2, -0.15) is 0 Å². The maximum atomic E-state index is 13.3. The Balaban J connectivity index is 2.05. The van der Waals surface area contributed by atoms with Crippen LogP contribution in [-0.4, -0.2) is 10.9 Å². The summed E-state index contributed by atoms with van der Waals surface area (Å²) in [4.78, 5) is 15.8. The van der Waals surface area contributed by atoms with Crippen molar-refractivity contribution in [3.8, 4) is 0 Å². The van der Waals surface area contributed by atoms with Gasteiger partial charge in [0.25, 0.3) is 5.91 Å². The zero-order valence-corrected chi connectivity index (χ0v) is 10.5. The molecule has 0 atom stereocenters. The van der Waals surface area contributed by atoms with Crippen LogP contribution in [0.5, 0.6) is 0 Å². The Morgan fingerprint density at radius 3 is 2.89 bits per heavy atom. The average molecular weight is 259 g/mol. The van der Waals surface area contributed by atoms with Crippen molar-refractivity contribution < 1.29 is 9.18 Å². The zero-order chi connectivity index (χ0) is 13.8. The normalized spacial score (nSPS) is 10.2. The van der Waals surface area contributed by atoms with Crippen LogP contribution in [0.3, 0.4) is 0 Å². The minimum atomic E-state index is -0.590. The number of hydrogen-bond acceptors (Lipinski definition) is 3. The third-order valence-corrected chi connectivity index (χ3v) is 2.84. The average Bonchev–Trinajstić information content (AvgIpc) is 2.40. The summed E-state index contributed by atoms with van der Waals surface area (Å²) in [5.41, 5.74) is 7.60. The number of anilines is 1. The lowest BCUT2D eigenvalue weighted by atomic mass is 10.1. The first kappa shape index (κ1) is 13.0. The fourth-order valence-corrected chi connectivity index (χ4v) is 1.65. The molecule has 0 spiro atoms. The smallest absolute Gasteiger partial charge is 0.251 e. The molecule has 5 heteroatoms. The molecule has 1 aromatic heterocycles. The summed E-state index contributed by atoms with van der Waals surface area (Å²) < 4.78 is 13.3. The molecule has 1 amide bonds. The number of benzene rings is 1. The zero-order valence-electron chi connectivity index (χ0n) is 10.5. The highest BCUT2D eigenvalue weighted by Gasteiger charge is 2.08. The summed E-state index contributed by atoms with van der Waals surface area (Å²) in [5.74, 6) is -0.928. The lowest BCUT2D eigenvalue weighted by molar-refractivity contribution is 0.0950. The molecule has 0 bridgehead atoms. The second-order valence-electron chi connectivity index (χ2n) is 4.22. The number of hydrogen-bond donors (Lipinski definition) is 2. The number of nitrogens with zero attached hydrogens (tertiary/aromatic N) is 1. The predicted molar refractivity (Wildman–Crippen MR) is 71.0 cm³/mol. The van der Waals surface area contributed by atoms with Crippen molar-refractivity contribution in [2.24, 2.45) is 0 Å². The molecular formula is C14H14FN3O. The molecule has 0 radical (unpaired) electrons. The minimum Gasteiger partial charge on any atom is -0.396 e. The summed E-state index contributed by atoms with van der Waals surface area (Å²) in [6.07, 6.45) is 3.39. The van der Waals surface area contributed by atoms with E-state index < -0.39 is 5.82 Å². The van der Waals surface area contributed by atoms with Crippen molar-refractivity contribution in [3.05, 3.63) is 59.2 Å². The Labute approximate surface area is 110 Å². The van der Waals surface area contributed by atoms with Crippen LogP contribution < -0.4 is 11.1 Å². The molecular weight excluding hydrogens is 245 g/mol. The number of aryl methyl sites for hydroxylation is 1. The fourth-order valence-electron chi connectivity index (χ4n) is 1.65. The van der Waals surface area contributed by atoms with Crippen LogP contribution in [0.15, 0.2) is 36.7 Å². The van der Waals surface area contributed by atoms with Crippen LogP contribution in [0.4, 0.5) is 10.1 Å². The molecule has 3 N–H and O–H groups in total. The van der Waals surface area contributed by atoms with Gasteiger partial charge >= 0.3 is 0 Å². The number of rotatable bonds is 3. The second-order valence-corrected chi connectivity index (χ2v) is 4.22. The molecule has 4 nitrogen and oxygen atoms in total. The van der Waals surface area contributed by atoms with Gasteiger partial charge in [-0.05, 0) is 42.3 Å². The van der Waals surface area contributed by atoms with E-state index in [2.05, 4.69) is 10.3 Å². The van der Waals surface area contributed by atoms with Gasteiger partial charge in [0.05, 0.1) is 5.69 Å². The van der Waals surface area contributed by atoms with E-state index in [4.69, 9.17) is 5.73 Å². The van der Waals surface area contributed by atoms with Crippen molar-refractivity contribution in [2.75, 3.05) is 5.73 Å². The molecule has 0 saturated heterocycles. The van der Waals surface area contributed by atoms with Gasteiger partial charge in [0, 0.05) is 24.5 Å². The third kappa shape index (κ3) is 3.07. The molecule has 0 aliphatic heterocycles. The first-order chi connectivity index (χ1) is 9.08. The monoisotopic (exact) mass is 259 g/mol. The van der Waals surface area contributed by atoms with Gasteiger partial charge in [0.1, 0.15) is 5.82 Å². The highest BCUT2D eigenvalue weighted by Crippen LogP contribution is 2.12. The Kier molecular flexibility index (Phi) is 3.75. The van der Waals surface area contributed by atoms with Crippen molar-refractivity contribution in [2.45, 2.75) is 13.5 Å². The summed E-state index contributed by atoms with van der Waals surface area (Å²) in [5, 5.41) is 2.73. The highest BCUT2D eigenvalue weighted by molar-refractivity contribution is 5.94. The first-order valence-corrected chi connectivity index (χ1v) is 5.80. The van der Waals surface area contributed by atoms with Gasteiger partial charge in [-0.25, -0.2) is 4.39 Å². The van der Waals surface area contributed by atoms with Gasteiger partial charge in [0.2, 0.25) is 0 Å². The molecule has 1 heterocycles. The Morgan fingerprint density at radius 1 is 1.42 bits per heavy atom. The molecule has 0 fully saturated rings. The highest BCUT2D eigenvalue weighted by atomic mass is 19.1. The van der Waals surface area contributed by atoms with Gasteiger partial charge in [-0.15, -0.1) is 0 Å². The molecule has 2 aromatic rings. The van der Waals surface area contributed by atoms with E-state index in [1.165, 1.54) is 12.1 Å². The van der Waals surface area contributed by atoms with Crippen LogP contribution >= 0.6 is 0 Å². The SMILES string of the molecule is Cc1cnccc1CNC(=O)c1ccc(N)c(F)c1. The molecule has 19 heavy (non-hydrogen) atoms. The van der Waals surface area contributed by atoms with E-state index in [-0.39, 0.29) is 17.2 Å². The molecule has 1 aromatic carbocycles. The number of halogens is 1. The van der Waals surface area contributed by atoms with Crippen molar-refractivity contribution in [1.82, 2.24) is 10.3 Å². The van der Waals surface area contributed by atoms with Gasteiger partial charge < -0.3 is 11.1 Å². The van der Waals surface area contributed by atoms with Crippen LogP contribution in [0.2, 0.25) is 0 Å². The number of carbonyl (C=O) groups excluding carboxylic acids is 1. The van der Waals surface area contributed by atoms with Crippen molar-refractivity contribution in [1.29, 1.82) is 0 Å². The molecule has 0 saturated carbocycles. The predicted octanol–water partition coefficient (Wildman–Crippen LogP) is 2.04. The number of pyridine rings is 1. The van der Waals surface area contributed by atoms with E-state index in [1.54, 1.807) is 12.4 Å². The molecule has 0 unspecified atom stereocenters. The fraction of sp³-hybridized carbons (Fsp3) is 0.143. The maximum absolute atomic E-state index is 13.3. The van der Waals surface area contributed by atoms with Gasteiger partial charge in [-0.1, -0.05) is 0 Å². The van der Waals surface area contributed by atoms with E-state index >= 15 is 0 Å². The Bertz CT molecular complexity index is 613. The van der Waals surface area contributed by atoms with Crippen molar-refractivity contribution >= 4 is 11.6 Å². The van der Waals surface area contributed by atoms with E-state index in [9.17, 15) is 9.18 Å². The van der Waals surface area contributed by atoms with E-state index in [0.29, 0.717) is 6.54 Å². The van der Waals surface area contributed by atoms with Gasteiger partial charge in [-0.3, -0.25) is 9.78 Å². The number of amides is 1. The third-order valence-electron chi connectivity index (χ3n) is 2.84. The number of carbonyl (C=O) groups is 1. The van der Waals surface area contributed by atoms with Crippen LogP contribution in [0.25, 0.3) is 0 Å². The van der Waals surface area contributed by atoms with Crippen LogP contribution in [0.1, 0.15) is 21.5 Å². The quantitative estimate of drug-likeness (QED) is 0.829. The Morgan fingerprint density at radius 2 is 2.21 bits per heavy atom. The summed E-state index contributed by atoms with van der Waals surface area (Å²) in [6.45, 7) is 2.29. The van der Waals surface area contributed by atoms with Crippen LogP contribution in [0, 0.1) is 12.7 Å². The number of nitrogens with one attached hydrogen (secondary N) is 1. The maximum Gasteiger partial charge on any atom is 0.251 e. The lowest BCUT2D eigenvalue weighted by Crippen LogP contribution is -2.23. The molecule has 0 aliphatic rings. The van der Waals surface area contributed by atoms with E-state index in [0.717, 1.165) is 17.2 Å². The second kappa shape index (κ2) is 5.48. The van der Waals surface area contributed by atoms with E-state index in [1.807, 2.05) is 13.0 Å². The molecule has 2 rings (SSSR count). The summed E-state index contributed by atoms with van der Waals surface area (Å²) >= 11 is 0. The lowest BCUT2D eigenvalue weighted by Gasteiger charge is -2.08. The number of nitrogen functional groups attached to an aromatic ring is 1.